The van der Waals surface area contributed by atoms with Gasteiger partial charge in [-0.1, -0.05) is 6.07 Å². The average molecular weight is 438 g/mol. The summed E-state index contributed by atoms with van der Waals surface area (Å²) in [5, 5.41) is 40.8. The number of carbonyl (C=O) groups excluding carboxylic acids is 2. The Morgan fingerprint density at radius 2 is 1.35 bits per heavy atom. The molecular formula is C14H19IN2O6. The van der Waals surface area contributed by atoms with Crippen LogP contribution in [0.1, 0.15) is 20.7 Å². The Bertz CT molecular complexity index is 510. The predicted octanol–water partition coefficient (Wildman–Crippen LogP) is -1.54. The van der Waals surface area contributed by atoms with Gasteiger partial charge in [-0.25, -0.2) is 0 Å². The summed E-state index contributed by atoms with van der Waals surface area (Å²) >= 11 is 1.86. The van der Waals surface area contributed by atoms with Crippen LogP contribution in [0.3, 0.4) is 0 Å². The molecule has 6 N–H and O–H groups in total. The fourth-order valence-corrected chi connectivity index (χ4v) is 2.47. The third-order valence-electron chi connectivity index (χ3n) is 2.91. The van der Waals surface area contributed by atoms with Crippen LogP contribution in [0.25, 0.3) is 0 Å². The maximum Gasteiger partial charge on any atom is 0.252 e. The maximum atomic E-state index is 12.1. The van der Waals surface area contributed by atoms with Crippen molar-refractivity contribution in [2.75, 3.05) is 26.3 Å². The quantitative estimate of drug-likeness (QED) is 0.272. The molecule has 128 valence electrons. The maximum absolute atomic E-state index is 12.1. The number of aliphatic hydroxyl groups excluding tert-OH is 4. The van der Waals surface area contributed by atoms with Crippen molar-refractivity contribution >= 4 is 34.4 Å². The molecule has 23 heavy (non-hydrogen) atoms. The van der Waals surface area contributed by atoms with Gasteiger partial charge in [-0.2, -0.15) is 0 Å². The largest absolute Gasteiger partial charge is 0.394 e. The molecule has 2 atom stereocenters. The lowest BCUT2D eigenvalue weighted by Gasteiger charge is -2.13. The summed E-state index contributed by atoms with van der Waals surface area (Å²) in [6.07, 6.45) is -2.11. The van der Waals surface area contributed by atoms with E-state index in [1.165, 1.54) is 18.2 Å². The van der Waals surface area contributed by atoms with E-state index in [4.69, 9.17) is 10.2 Å². The van der Waals surface area contributed by atoms with Gasteiger partial charge in [0.05, 0.1) is 36.5 Å². The monoisotopic (exact) mass is 438 g/mol. The van der Waals surface area contributed by atoms with E-state index in [1.54, 1.807) is 0 Å². The summed E-state index contributed by atoms with van der Waals surface area (Å²) in [5.74, 6) is -0.959. The summed E-state index contributed by atoms with van der Waals surface area (Å²) in [4.78, 5) is 24.1. The molecule has 0 heterocycles. The van der Waals surface area contributed by atoms with E-state index in [1.807, 2.05) is 22.6 Å². The molecule has 0 fully saturated rings. The van der Waals surface area contributed by atoms with Crippen molar-refractivity contribution in [3.05, 3.63) is 32.9 Å². The Balaban J connectivity index is 2.81. The lowest BCUT2D eigenvalue weighted by Crippen LogP contribution is -2.36. The number of carbonyl (C=O) groups is 2. The summed E-state index contributed by atoms with van der Waals surface area (Å²) in [7, 11) is 0. The molecule has 0 aliphatic heterocycles. The minimum absolute atomic E-state index is 0.107. The van der Waals surface area contributed by atoms with Crippen LogP contribution in [0.15, 0.2) is 18.2 Å². The van der Waals surface area contributed by atoms with Crippen molar-refractivity contribution in [1.29, 1.82) is 0 Å². The van der Waals surface area contributed by atoms with Gasteiger partial charge in [0.25, 0.3) is 11.8 Å². The standard InChI is InChI=1S/C14H19IN2O6/c15-12-10(13(22)16-4-8(20)6-18)2-1-3-11(12)14(23)17-5-9(21)7-19/h1-3,8-9,18-21H,4-7H2,(H,16,22)(H,17,23). The van der Waals surface area contributed by atoms with Crippen LogP contribution in [-0.4, -0.2) is 70.8 Å². The minimum Gasteiger partial charge on any atom is -0.394 e. The van der Waals surface area contributed by atoms with E-state index in [-0.39, 0.29) is 24.2 Å². The van der Waals surface area contributed by atoms with E-state index in [2.05, 4.69) is 10.6 Å². The molecule has 2 unspecified atom stereocenters. The predicted molar refractivity (Wildman–Crippen MR) is 90.0 cm³/mol. The van der Waals surface area contributed by atoms with Crippen LogP contribution in [0.4, 0.5) is 0 Å². The Hall–Kier alpha value is -1.27. The van der Waals surface area contributed by atoms with Gasteiger partial charge in [-0.3, -0.25) is 9.59 Å². The van der Waals surface area contributed by atoms with Gasteiger partial charge in [0.15, 0.2) is 0 Å². The lowest BCUT2D eigenvalue weighted by atomic mass is 10.1. The summed E-state index contributed by atoms with van der Waals surface area (Å²) < 4.78 is 0.414. The molecule has 2 amide bonds. The molecule has 1 aromatic carbocycles. The topological polar surface area (TPSA) is 139 Å². The highest BCUT2D eigenvalue weighted by Gasteiger charge is 2.18. The van der Waals surface area contributed by atoms with E-state index in [0.717, 1.165) is 0 Å². The Morgan fingerprint density at radius 3 is 1.70 bits per heavy atom. The number of hydrogen-bond acceptors (Lipinski definition) is 6. The smallest absolute Gasteiger partial charge is 0.252 e. The molecule has 0 radical (unpaired) electrons. The first kappa shape index (κ1) is 19.8. The molecule has 0 bridgehead atoms. The van der Waals surface area contributed by atoms with Gasteiger partial charge in [-0.15, -0.1) is 0 Å². The number of rotatable bonds is 8. The first-order valence-electron chi connectivity index (χ1n) is 6.83. The zero-order valence-corrected chi connectivity index (χ0v) is 14.4. The fourth-order valence-electron chi connectivity index (χ4n) is 1.62. The Morgan fingerprint density at radius 1 is 0.957 bits per heavy atom. The number of halogens is 1. The third kappa shape index (κ3) is 6.03. The van der Waals surface area contributed by atoms with Crippen LogP contribution in [0.5, 0.6) is 0 Å². The van der Waals surface area contributed by atoms with E-state index in [9.17, 15) is 19.8 Å². The van der Waals surface area contributed by atoms with Crippen LogP contribution < -0.4 is 10.6 Å². The molecule has 0 spiro atoms. The van der Waals surface area contributed by atoms with Crippen molar-refractivity contribution in [2.24, 2.45) is 0 Å². The number of benzene rings is 1. The first-order valence-corrected chi connectivity index (χ1v) is 7.91. The molecule has 0 aliphatic rings. The molecule has 8 nitrogen and oxygen atoms in total. The van der Waals surface area contributed by atoms with E-state index < -0.39 is 37.2 Å². The summed E-state index contributed by atoms with van der Waals surface area (Å²) in [6.45, 7) is -1.14. The molecule has 0 aliphatic carbocycles. The van der Waals surface area contributed by atoms with Gasteiger partial charge in [0, 0.05) is 16.7 Å². The highest BCUT2D eigenvalue weighted by molar-refractivity contribution is 14.1. The number of nitrogens with one attached hydrogen (secondary N) is 2. The highest BCUT2D eigenvalue weighted by Crippen LogP contribution is 2.17. The van der Waals surface area contributed by atoms with Crippen molar-refractivity contribution < 1.29 is 30.0 Å². The minimum atomic E-state index is -1.05. The number of amides is 2. The molecule has 0 aromatic heterocycles. The first-order chi connectivity index (χ1) is 10.9. The molecule has 0 saturated heterocycles. The van der Waals surface area contributed by atoms with Gasteiger partial charge < -0.3 is 31.1 Å². The van der Waals surface area contributed by atoms with Gasteiger partial charge in [0.1, 0.15) is 0 Å². The van der Waals surface area contributed by atoms with Crippen LogP contribution in [0.2, 0.25) is 0 Å². The van der Waals surface area contributed by atoms with Crippen molar-refractivity contribution in [1.82, 2.24) is 10.6 Å². The zero-order valence-electron chi connectivity index (χ0n) is 12.2. The lowest BCUT2D eigenvalue weighted by molar-refractivity contribution is 0.0799. The van der Waals surface area contributed by atoms with Crippen LogP contribution in [-0.2, 0) is 0 Å². The normalized spacial score (nSPS) is 13.3. The number of aliphatic hydroxyl groups is 4. The van der Waals surface area contributed by atoms with E-state index >= 15 is 0 Å². The van der Waals surface area contributed by atoms with Gasteiger partial charge in [-0.05, 0) is 34.7 Å². The van der Waals surface area contributed by atoms with Gasteiger partial charge >= 0.3 is 0 Å². The number of hydrogen-bond donors (Lipinski definition) is 6. The molecular weight excluding hydrogens is 419 g/mol. The van der Waals surface area contributed by atoms with Gasteiger partial charge in [0.2, 0.25) is 0 Å². The van der Waals surface area contributed by atoms with Crippen molar-refractivity contribution in [3.8, 4) is 0 Å². The summed E-state index contributed by atoms with van der Waals surface area (Å²) in [6, 6.07) is 4.60. The molecule has 1 aromatic rings. The van der Waals surface area contributed by atoms with Crippen molar-refractivity contribution in [2.45, 2.75) is 12.2 Å². The zero-order chi connectivity index (χ0) is 17.4. The fraction of sp³-hybridized carbons (Fsp3) is 0.429. The molecule has 1 rings (SSSR count). The van der Waals surface area contributed by atoms with Crippen LogP contribution >= 0.6 is 22.6 Å². The van der Waals surface area contributed by atoms with E-state index in [0.29, 0.717) is 3.57 Å². The Kier molecular flexibility index (Phi) is 8.41. The van der Waals surface area contributed by atoms with Crippen molar-refractivity contribution in [3.63, 3.8) is 0 Å². The summed E-state index contributed by atoms with van der Waals surface area (Å²) in [5.41, 5.74) is 0.511. The Labute approximate surface area is 146 Å². The third-order valence-corrected chi connectivity index (χ3v) is 4.07. The van der Waals surface area contributed by atoms with Crippen LogP contribution in [0, 0.1) is 3.57 Å². The second-order valence-corrected chi connectivity index (χ2v) is 5.84. The second-order valence-electron chi connectivity index (χ2n) is 4.76. The second kappa shape index (κ2) is 9.78. The molecule has 0 saturated carbocycles. The average Bonchev–Trinajstić information content (AvgIpc) is 2.56. The SMILES string of the molecule is O=C(NCC(O)CO)c1cccc(C(=O)NCC(O)CO)c1I. The highest BCUT2D eigenvalue weighted by atomic mass is 127. The molecule has 9 heteroatoms.